The molecule has 5 rings (SSSR count). The maximum atomic E-state index is 16.3. The molecule has 7 nitrogen and oxygen atoms in total. The average Bonchev–Trinajstić information content (AvgIpc) is 3.16. The number of halogens is 1. The number of aromatic nitrogens is 1. The van der Waals surface area contributed by atoms with Crippen LogP contribution < -0.4 is 4.90 Å². The summed E-state index contributed by atoms with van der Waals surface area (Å²) in [7, 11) is 0. The van der Waals surface area contributed by atoms with Gasteiger partial charge in [-0.15, -0.1) is 0 Å². The summed E-state index contributed by atoms with van der Waals surface area (Å²) in [6.45, 7) is 11.9. The third kappa shape index (κ3) is 5.17. The molecule has 8 heteroatoms. The first-order chi connectivity index (χ1) is 17.8. The van der Waals surface area contributed by atoms with Crippen LogP contribution in [0.1, 0.15) is 54.9 Å². The Bertz CT molecular complexity index is 1340. The molecule has 0 aliphatic carbocycles. The van der Waals surface area contributed by atoms with E-state index >= 15 is 4.39 Å². The van der Waals surface area contributed by atoms with E-state index in [4.69, 9.17) is 14.3 Å². The molecule has 3 aromatic rings. The molecule has 3 heterocycles. The number of ether oxygens (including phenoxy) is 1. The fraction of sp³-hybridized carbons (Fsp3) is 0.448. The van der Waals surface area contributed by atoms with Crippen LogP contribution in [0, 0.1) is 31.0 Å². The highest BCUT2D eigenvalue weighted by molar-refractivity contribution is 5.91. The molecule has 1 N–H and O–H groups in total. The van der Waals surface area contributed by atoms with Crippen molar-refractivity contribution < 1.29 is 18.7 Å². The summed E-state index contributed by atoms with van der Waals surface area (Å²) in [5.41, 5.74) is 5.08. The van der Waals surface area contributed by atoms with Crippen LogP contribution in [0.3, 0.4) is 0 Å². The van der Waals surface area contributed by atoms with Gasteiger partial charge in [-0.1, -0.05) is 12.1 Å². The molecule has 0 spiro atoms. The van der Waals surface area contributed by atoms with Crippen molar-refractivity contribution in [2.24, 2.45) is 0 Å². The number of carbonyl (C=O) groups excluding carboxylic acids is 2. The van der Waals surface area contributed by atoms with Gasteiger partial charge in [-0.25, -0.2) is 4.39 Å². The van der Waals surface area contributed by atoms with E-state index in [1.807, 2.05) is 31.2 Å². The molecule has 2 aliphatic rings. The molecule has 194 valence electrons. The van der Waals surface area contributed by atoms with Gasteiger partial charge in [0.15, 0.2) is 5.82 Å². The SMILES string of the molecule is Cc1ccc(N(c2[nH]c3cc(C#N)ccc3c2C)C(C)C)c(F)c1C1CCN(C2COC2)CC1.O=C=O. The topological polar surface area (TPSA) is 89.4 Å². The molecule has 2 aliphatic heterocycles. The standard InChI is InChI=1S/C28H33FN4O.CO2/c1-17(2)33(28-19(4)23-7-6-20(14-30)13-24(23)31-28)25-8-5-18(3)26(27(25)29)21-9-11-32(12-10-21)22-15-34-16-22;2-1-3/h5-8,13,17,21-22,31H,9-12,15-16H2,1-4H3;. The first-order valence-electron chi connectivity index (χ1n) is 12.7. The van der Waals surface area contributed by atoms with Gasteiger partial charge in [0.1, 0.15) is 5.82 Å². The quantitative estimate of drug-likeness (QED) is 0.505. The Labute approximate surface area is 216 Å². The zero-order valence-corrected chi connectivity index (χ0v) is 21.8. The van der Waals surface area contributed by atoms with Crippen LogP contribution in [-0.2, 0) is 14.3 Å². The predicted octanol–water partition coefficient (Wildman–Crippen LogP) is 5.34. The van der Waals surface area contributed by atoms with Crippen LogP contribution in [0.4, 0.5) is 15.9 Å². The van der Waals surface area contributed by atoms with E-state index in [1.54, 1.807) is 0 Å². The summed E-state index contributed by atoms with van der Waals surface area (Å²) in [6, 6.07) is 12.5. The van der Waals surface area contributed by atoms with E-state index in [1.165, 1.54) is 0 Å². The highest BCUT2D eigenvalue weighted by Crippen LogP contribution is 2.41. The van der Waals surface area contributed by atoms with Crippen LogP contribution in [0.15, 0.2) is 30.3 Å². The van der Waals surface area contributed by atoms with Gasteiger partial charge in [0.25, 0.3) is 0 Å². The number of nitrogens with zero attached hydrogens (tertiary/aromatic N) is 3. The molecule has 2 saturated heterocycles. The Morgan fingerprint density at radius 3 is 2.38 bits per heavy atom. The summed E-state index contributed by atoms with van der Waals surface area (Å²) < 4.78 is 21.7. The van der Waals surface area contributed by atoms with E-state index in [0.29, 0.717) is 17.3 Å². The lowest BCUT2D eigenvalue weighted by molar-refractivity contribution is -0.191. The Morgan fingerprint density at radius 1 is 1.14 bits per heavy atom. The summed E-state index contributed by atoms with van der Waals surface area (Å²) in [4.78, 5) is 24.3. The largest absolute Gasteiger partial charge is 0.378 e. The first-order valence-corrected chi connectivity index (χ1v) is 12.7. The predicted molar refractivity (Wildman–Crippen MR) is 139 cm³/mol. The molecular weight excluding hydrogens is 471 g/mol. The van der Waals surface area contributed by atoms with Gasteiger partial charge < -0.3 is 14.6 Å². The lowest BCUT2D eigenvalue weighted by atomic mass is 9.85. The number of nitriles is 1. The normalized spacial score (nSPS) is 16.6. The fourth-order valence-electron chi connectivity index (χ4n) is 5.64. The van der Waals surface area contributed by atoms with Crippen LogP contribution in [0.5, 0.6) is 0 Å². The van der Waals surface area contributed by atoms with E-state index in [2.05, 4.69) is 47.7 Å². The third-order valence-corrected chi connectivity index (χ3v) is 7.63. The number of aryl methyl sites for hydroxylation is 2. The summed E-state index contributed by atoms with van der Waals surface area (Å²) in [6.07, 6.45) is 2.20. The highest BCUT2D eigenvalue weighted by atomic mass is 19.1. The maximum Gasteiger partial charge on any atom is 0.373 e. The van der Waals surface area contributed by atoms with Crippen molar-refractivity contribution in [1.29, 1.82) is 5.26 Å². The Morgan fingerprint density at radius 2 is 1.81 bits per heavy atom. The number of benzene rings is 2. The van der Waals surface area contributed by atoms with Gasteiger partial charge >= 0.3 is 6.15 Å². The molecule has 0 saturated carbocycles. The minimum atomic E-state index is -0.102. The van der Waals surface area contributed by atoms with Gasteiger partial charge in [0, 0.05) is 16.9 Å². The fourth-order valence-corrected chi connectivity index (χ4v) is 5.64. The van der Waals surface area contributed by atoms with Crippen molar-refractivity contribution in [3.63, 3.8) is 0 Å². The lowest BCUT2D eigenvalue weighted by Gasteiger charge is -2.42. The molecule has 0 bridgehead atoms. The molecule has 1 aromatic heterocycles. The Kier molecular flexibility index (Phi) is 8.09. The van der Waals surface area contributed by atoms with E-state index in [-0.39, 0.29) is 23.9 Å². The van der Waals surface area contributed by atoms with E-state index in [0.717, 1.165) is 72.6 Å². The highest BCUT2D eigenvalue weighted by Gasteiger charge is 2.33. The molecule has 0 atom stereocenters. The minimum absolute atomic E-state index is 0.0488. The lowest BCUT2D eigenvalue weighted by Crippen LogP contribution is -2.51. The average molecular weight is 505 g/mol. The number of rotatable bonds is 5. The summed E-state index contributed by atoms with van der Waals surface area (Å²) in [5, 5.41) is 10.4. The molecule has 2 fully saturated rings. The van der Waals surface area contributed by atoms with Gasteiger partial charge in [0.2, 0.25) is 0 Å². The monoisotopic (exact) mass is 504 g/mol. The number of aromatic amines is 1. The van der Waals surface area contributed by atoms with E-state index < -0.39 is 0 Å². The van der Waals surface area contributed by atoms with Crippen molar-refractivity contribution >= 4 is 28.6 Å². The number of piperidine rings is 1. The van der Waals surface area contributed by atoms with Crippen molar-refractivity contribution in [2.75, 3.05) is 31.2 Å². The first kappa shape index (κ1) is 26.6. The number of likely N-dealkylation sites (tertiary alicyclic amines) is 1. The van der Waals surface area contributed by atoms with E-state index in [9.17, 15) is 5.26 Å². The number of nitrogens with one attached hydrogen (secondary N) is 1. The second-order valence-corrected chi connectivity index (χ2v) is 10.1. The molecule has 0 amide bonds. The summed E-state index contributed by atoms with van der Waals surface area (Å²) >= 11 is 0. The van der Waals surface area contributed by atoms with Crippen molar-refractivity contribution in [3.8, 4) is 6.07 Å². The van der Waals surface area contributed by atoms with Crippen molar-refractivity contribution in [3.05, 3.63) is 58.4 Å². The molecule has 0 unspecified atom stereocenters. The molecule has 2 aromatic carbocycles. The summed E-state index contributed by atoms with van der Waals surface area (Å²) in [5.74, 6) is 1.01. The number of hydrogen-bond acceptors (Lipinski definition) is 6. The minimum Gasteiger partial charge on any atom is -0.378 e. The number of H-pyrrole nitrogens is 1. The second kappa shape index (κ2) is 11.3. The smallest absolute Gasteiger partial charge is 0.373 e. The zero-order valence-electron chi connectivity index (χ0n) is 21.8. The van der Waals surface area contributed by atoms with Crippen LogP contribution in [0.2, 0.25) is 0 Å². The maximum absolute atomic E-state index is 16.3. The number of anilines is 2. The number of hydrogen-bond donors (Lipinski definition) is 1. The van der Waals surface area contributed by atoms with Crippen molar-refractivity contribution in [2.45, 2.75) is 58.5 Å². The van der Waals surface area contributed by atoms with Crippen LogP contribution in [-0.4, -0.2) is 54.4 Å². The van der Waals surface area contributed by atoms with Crippen LogP contribution in [0.25, 0.3) is 10.9 Å². The van der Waals surface area contributed by atoms with Crippen molar-refractivity contribution in [1.82, 2.24) is 9.88 Å². The Balaban J connectivity index is 0.00000102. The second-order valence-electron chi connectivity index (χ2n) is 10.1. The third-order valence-electron chi connectivity index (χ3n) is 7.63. The van der Waals surface area contributed by atoms with Gasteiger partial charge in [0.05, 0.1) is 36.6 Å². The Hall–Kier alpha value is -3.50. The molecule has 37 heavy (non-hydrogen) atoms. The van der Waals surface area contributed by atoms with Gasteiger partial charge in [-0.3, -0.25) is 4.90 Å². The zero-order chi connectivity index (χ0) is 26.7. The van der Waals surface area contributed by atoms with Gasteiger partial charge in [-0.2, -0.15) is 14.9 Å². The number of fused-ring (bicyclic) bond motifs is 1. The van der Waals surface area contributed by atoms with Gasteiger partial charge in [-0.05, 0) is 94.4 Å². The molecular formula is C29H33FN4O3. The van der Waals surface area contributed by atoms with Crippen LogP contribution >= 0.6 is 0 Å². The molecule has 0 radical (unpaired) electrons.